The van der Waals surface area contributed by atoms with Gasteiger partial charge in [0.2, 0.25) is 0 Å². The molecule has 33 heavy (non-hydrogen) atoms. The summed E-state index contributed by atoms with van der Waals surface area (Å²) in [4.78, 5) is 36.7. The summed E-state index contributed by atoms with van der Waals surface area (Å²) in [6.45, 7) is 0. The first kappa shape index (κ1) is 22.9. The molecule has 3 fully saturated rings. The zero-order valence-electron chi connectivity index (χ0n) is 18.4. The van der Waals surface area contributed by atoms with Crippen molar-refractivity contribution in [1.82, 2.24) is 0 Å². The summed E-state index contributed by atoms with van der Waals surface area (Å²) in [5.41, 5.74) is -0.322. The average Bonchev–Trinajstić information content (AvgIpc) is 2.77. The van der Waals surface area contributed by atoms with Crippen LogP contribution >= 0.6 is 0 Å². The summed E-state index contributed by atoms with van der Waals surface area (Å²) in [7, 11) is 0. The molecule has 8 heteroatoms. The minimum absolute atomic E-state index is 0.161. The van der Waals surface area contributed by atoms with Crippen molar-refractivity contribution in [1.29, 1.82) is 0 Å². The predicted molar refractivity (Wildman–Crippen MR) is 114 cm³/mol. The van der Waals surface area contributed by atoms with Crippen LogP contribution in [0.4, 0.5) is 0 Å². The summed E-state index contributed by atoms with van der Waals surface area (Å²) in [6, 6.07) is 0. The number of allylic oxidation sites excluding steroid dienone is 6. The van der Waals surface area contributed by atoms with Crippen molar-refractivity contribution in [3.63, 3.8) is 0 Å². The third-order valence-corrected chi connectivity index (χ3v) is 6.20. The van der Waals surface area contributed by atoms with Crippen LogP contribution in [0.15, 0.2) is 59.6 Å². The van der Waals surface area contributed by atoms with Crippen LogP contribution in [0.25, 0.3) is 0 Å². The van der Waals surface area contributed by atoms with Crippen molar-refractivity contribution >= 4 is 17.9 Å². The van der Waals surface area contributed by atoms with Gasteiger partial charge >= 0.3 is 17.9 Å². The number of hydrogen-bond acceptors (Lipinski definition) is 8. The van der Waals surface area contributed by atoms with Crippen LogP contribution in [0.1, 0.15) is 64.2 Å². The van der Waals surface area contributed by atoms with Crippen molar-refractivity contribution in [3.8, 4) is 0 Å². The number of ether oxygens (including phenoxy) is 4. The van der Waals surface area contributed by atoms with E-state index in [0.29, 0.717) is 25.7 Å². The summed E-state index contributed by atoms with van der Waals surface area (Å²) in [5, 5.41) is 12.2. The molecule has 1 saturated heterocycles. The van der Waals surface area contributed by atoms with Crippen LogP contribution < -0.4 is 5.11 Å². The fourth-order valence-corrected chi connectivity index (χ4v) is 4.46. The van der Waals surface area contributed by atoms with Crippen LogP contribution in [0, 0.1) is 0 Å². The molecule has 4 rings (SSSR count). The minimum Gasteiger partial charge on any atom is -0.574 e. The molecule has 2 aliphatic heterocycles. The molecule has 0 bridgehead atoms. The number of hydrogen-bond donors (Lipinski definition) is 0. The Morgan fingerprint density at radius 1 is 0.606 bits per heavy atom. The summed E-state index contributed by atoms with van der Waals surface area (Å²) < 4.78 is 21.7. The molecule has 0 unspecified atom stereocenters. The van der Waals surface area contributed by atoms with Gasteiger partial charge in [-0.3, -0.25) is 0 Å². The maximum absolute atomic E-state index is 12.2. The lowest BCUT2D eigenvalue weighted by molar-refractivity contribution is -0.401. The third kappa shape index (κ3) is 5.21. The lowest BCUT2D eigenvalue weighted by Gasteiger charge is -2.46. The standard InChI is InChI=1S/C25H28O8/c26-20-18(21(27)31-24(30-20)14-8-4-9-15-24)12-6-2-1-3-7-13-19-22(28)32-25(33-23(19)29)16-10-5-11-17-25/h1-3,6-7,12-13,26H,4-5,8-11,14-17H2/p-1/b2-1+,7-3+,12-6+. The van der Waals surface area contributed by atoms with Crippen molar-refractivity contribution in [2.45, 2.75) is 75.8 Å². The maximum atomic E-state index is 12.2. The zero-order chi connectivity index (χ0) is 23.3. The average molecular weight is 455 g/mol. The molecule has 8 nitrogen and oxygen atoms in total. The molecule has 0 aromatic carbocycles. The molecule has 4 aliphatic rings. The molecule has 0 atom stereocenters. The Balaban J connectivity index is 1.32. The van der Waals surface area contributed by atoms with E-state index in [2.05, 4.69) is 0 Å². The number of carbonyl (C=O) groups is 3. The van der Waals surface area contributed by atoms with E-state index in [-0.39, 0.29) is 11.1 Å². The van der Waals surface area contributed by atoms with Gasteiger partial charge in [0.15, 0.2) is 5.79 Å². The van der Waals surface area contributed by atoms with E-state index >= 15 is 0 Å². The molecule has 0 radical (unpaired) electrons. The van der Waals surface area contributed by atoms with Gasteiger partial charge in [-0.05, 0) is 50.7 Å². The van der Waals surface area contributed by atoms with E-state index in [1.807, 2.05) is 0 Å². The highest BCUT2D eigenvalue weighted by Crippen LogP contribution is 2.38. The Labute approximate surface area is 192 Å². The fraction of sp³-hybridized carbons (Fsp3) is 0.480. The maximum Gasteiger partial charge on any atom is 0.348 e. The molecule has 0 aromatic rings. The van der Waals surface area contributed by atoms with E-state index < -0.39 is 35.4 Å². The van der Waals surface area contributed by atoms with Crippen LogP contribution in [-0.4, -0.2) is 29.5 Å². The summed E-state index contributed by atoms with van der Waals surface area (Å²) in [6.07, 6.45) is 18.1. The fourth-order valence-electron chi connectivity index (χ4n) is 4.46. The highest BCUT2D eigenvalue weighted by Gasteiger charge is 2.46. The second-order valence-corrected chi connectivity index (χ2v) is 8.62. The molecule has 2 spiro atoms. The van der Waals surface area contributed by atoms with Gasteiger partial charge in [-0.15, -0.1) is 0 Å². The number of rotatable bonds is 4. The minimum atomic E-state index is -1.10. The molecular formula is C25H27O8-. The van der Waals surface area contributed by atoms with Crippen molar-refractivity contribution < 1.29 is 38.4 Å². The zero-order valence-corrected chi connectivity index (χ0v) is 18.4. The van der Waals surface area contributed by atoms with Crippen LogP contribution in [0.2, 0.25) is 0 Å². The van der Waals surface area contributed by atoms with E-state index in [4.69, 9.17) is 18.9 Å². The molecule has 2 aliphatic carbocycles. The Bertz CT molecular complexity index is 931. The van der Waals surface area contributed by atoms with Gasteiger partial charge in [0.05, 0.1) is 11.5 Å². The second kappa shape index (κ2) is 9.68. The van der Waals surface area contributed by atoms with Crippen molar-refractivity contribution in [2.75, 3.05) is 0 Å². The van der Waals surface area contributed by atoms with Gasteiger partial charge in [0.25, 0.3) is 5.79 Å². The Morgan fingerprint density at radius 2 is 1.09 bits per heavy atom. The second-order valence-electron chi connectivity index (χ2n) is 8.62. The predicted octanol–water partition coefficient (Wildman–Crippen LogP) is 3.15. The van der Waals surface area contributed by atoms with Gasteiger partial charge in [0, 0.05) is 12.8 Å². The van der Waals surface area contributed by atoms with E-state index in [0.717, 1.165) is 38.5 Å². The van der Waals surface area contributed by atoms with Gasteiger partial charge in [-0.25, -0.2) is 14.4 Å². The van der Waals surface area contributed by atoms with Gasteiger partial charge in [-0.1, -0.05) is 43.2 Å². The van der Waals surface area contributed by atoms with Crippen LogP contribution in [0.3, 0.4) is 0 Å². The van der Waals surface area contributed by atoms with E-state index in [1.165, 1.54) is 24.3 Å². The molecular weight excluding hydrogens is 428 g/mol. The number of esters is 3. The van der Waals surface area contributed by atoms with Crippen molar-refractivity contribution in [3.05, 3.63) is 59.6 Å². The van der Waals surface area contributed by atoms with Crippen LogP contribution in [0.5, 0.6) is 0 Å². The first-order valence-corrected chi connectivity index (χ1v) is 11.4. The quantitative estimate of drug-likeness (QED) is 0.275. The SMILES string of the molecule is O=C1OC2(CCCCC2)OC(=O)C1=C/C=C/C=C/C=C/C1=C([O-])OC2(CCCCC2)OC1=O. The van der Waals surface area contributed by atoms with Gasteiger partial charge < -0.3 is 24.1 Å². The highest BCUT2D eigenvalue weighted by atomic mass is 16.8. The van der Waals surface area contributed by atoms with Gasteiger partial charge in [-0.2, -0.15) is 0 Å². The van der Waals surface area contributed by atoms with E-state index in [1.54, 1.807) is 18.2 Å². The lowest BCUT2D eigenvalue weighted by Crippen LogP contribution is -2.47. The first-order chi connectivity index (χ1) is 15.9. The molecule has 0 amide bonds. The molecule has 0 N–H and O–H groups in total. The largest absolute Gasteiger partial charge is 0.574 e. The topological polar surface area (TPSA) is 111 Å². The van der Waals surface area contributed by atoms with Crippen LogP contribution in [-0.2, 0) is 33.3 Å². The third-order valence-electron chi connectivity index (χ3n) is 6.20. The lowest BCUT2D eigenvalue weighted by atomic mass is 9.93. The molecule has 2 heterocycles. The summed E-state index contributed by atoms with van der Waals surface area (Å²) in [5.74, 6) is -4.92. The monoisotopic (exact) mass is 455 g/mol. The smallest absolute Gasteiger partial charge is 0.348 e. The van der Waals surface area contributed by atoms with Gasteiger partial charge in [0.1, 0.15) is 5.57 Å². The summed E-state index contributed by atoms with van der Waals surface area (Å²) >= 11 is 0. The molecule has 2 saturated carbocycles. The highest BCUT2D eigenvalue weighted by molar-refractivity contribution is 6.15. The molecule has 0 aromatic heterocycles. The number of carbonyl (C=O) groups excluding carboxylic acids is 3. The Hall–Kier alpha value is -3.29. The normalized spacial score (nSPS) is 25.0. The molecule has 176 valence electrons. The van der Waals surface area contributed by atoms with E-state index in [9.17, 15) is 19.5 Å². The first-order valence-electron chi connectivity index (χ1n) is 11.4. The Kier molecular flexibility index (Phi) is 6.72. The Morgan fingerprint density at radius 3 is 1.67 bits per heavy atom. The van der Waals surface area contributed by atoms with Crippen molar-refractivity contribution in [2.24, 2.45) is 0 Å².